The van der Waals surface area contributed by atoms with Gasteiger partial charge in [-0.2, -0.15) is 0 Å². The maximum absolute atomic E-state index is 10.9. The Hall–Kier alpha value is -0.820. The van der Waals surface area contributed by atoms with E-state index in [1.807, 2.05) is 0 Å². The molecule has 1 N–H and O–H groups in total. The monoisotopic (exact) mass is 260 g/mol. The number of hydrogen-bond acceptors (Lipinski definition) is 1. The lowest BCUT2D eigenvalue weighted by Gasteiger charge is -2.38. The number of aliphatic hydroxyl groups excluding tert-OH is 1. The Bertz CT molecular complexity index is 361. The van der Waals surface area contributed by atoms with Gasteiger partial charge in [0.15, 0.2) is 0 Å². The third-order valence-electron chi connectivity index (χ3n) is 5.28. The van der Waals surface area contributed by atoms with Gasteiger partial charge in [-0.3, -0.25) is 0 Å². The van der Waals surface area contributed by atoms with E-state index in [2.05, 4.69) is 44.2 Å². The van der Waals surface area contributed by atoms with Gasteiger partial charge in [0.1, 0.15) is 0 Å². The Morgan fingerprint density at radius 2 is 1.68 bits per heavy atom. The first kappa shape index (κ1) is 14.6. The van der Waals surface area contributed by atoms with Gasteiger partial charge in [-0.05, 0) is 30.7 Å². The van der Waals surface area contributed by atoms with E-state index in [9.17, 15) is 5.11 Å². The zero-order valence-electron chi connectivity index (χ0n) is 12.4. The van der Waals surface area contributed by atoms with E-state index < -0.39 is 0 Å². The molecule has 1 fully saturated rings. The molecular formula is C18H28O. The molecule has 0 radical (unpaired) electrons. The first-order chi connectivity index (χ1) is 9.23. The molecule has 0 heterocycles. The van der Waals surface area contributed by atoms with Crippen molar-refractivity contribution < 1.29 is 5.11 Å². The molecule has 0 saturated heterocycles. The zero-order valence-corrected chi connectivity index (χ0v) is 12.4. The predicted molar refractivity (Wildman–Crippen MR) is 81.3 cm³/mol. The number of rotatable bonds is 6. The molecule has 1 saturated carbocycles. The molecule has 1 nitrogen and oxygen atoms in total. The fourth-order valence-electron chi connectivity index (χ4n) is 3.88. The Kier molecular flexibility index (Phi) is 5.04. The van der Waals surface area contributed by atoms with Crippen LogP contribution in [0.25, 0.3) is 0 Å². The molecule has 1 aromatic rings. The van der Waals surface area contributed by atoms with E-state index in [1.165, 1.54) is 31.2 Å². The Morgan fingerprint density at radius 3 is 2.21 bits per heavy atom. The van der Waals surface area contributed by atoms with Crippen LogP contribution >= 0.6 is 0 Å². The van der Waals surface area contributed by atoms with Crippen LogP contribution < -0.4 is 0 Å². The van der Waals surface area contributed by atoms with Gasteiger partial charge in [0.2, 0.25) is 0 Å². The summed E-state index contributed by atoms with van der Waals surface area (Å²) >= 11 is 0. The van der Waals surface area contributed by atoms with Crippen molar-refractivity contribution >= 4 is 0 Å². The number of aliphatic hydroxyl groups is 1. The molecule has 0 bridgehead atoms. The van der Waals surface area contributed by atoms with Crippen molar-refractivity contribution in [1.29, 1.82) is 0 Å². The average molecular weight is 260 g/mol. The van der Waals surface area contributed by atoms with Crippen LogP contribution in [0, 0.1) is 5.92 Å². The van der Waals surface area contributed by atoms with Crippen LogP contribution in [0.5, 0.6) is 0 Å². The Morgan fingerprint density at radius 1 is 1.11 bits per heavy atom. The minimum Gasteiger partial charge on any atom is -0.392 e. The van der Waals surface area contributed by atoms with Crippen LogP contribution in [0.2, 0.25) is 0 Å². The van der Waals surface area contributed by atoms with Gasteiger partial charge >= 0.3 is 0 Å². The molecule has 106 valence electrons. The summed E-state index contributed by atoms with van der Waals surface area (Å²) < 4.78 is 0. The maximum atomic E-state index is 10.9. The standard InChI is InChI=1S/C18H28O/c1-3-18(4-2,16-12-6-5-7-13-16)17(19)14-15-10-8-9-11-15/h5-7,12-13,15,17,19H,3-4,8-11,14H2,1-2H3. The lowest BCUT2D eigenvalue weighted by atomic mass is 9.69. The number of hydrogen-bond donors (Lipinski definition) is 1. The summed E-state index contributed by atoms with van der Waals surface area (Å²) in [5.41, 5.74) is 1.26. The average Bonchev–Trinajstić information content (AvgIpc) is 2.95. The molecule has 19 heavy (non-hydrogen) atoms. The molecule has 0 amide bonds. The first-order valence-electron chi connectivity index (χ1n) is 7.96. The quantitative estimate of drug-likeness (QED) is 0.787. The summed E-state index contributed by atoms with van der Waals surface area (Å²) in [5.74, 6) is 0.746. The van der Waals surface area contributed by atoms with E-state index in [0.717, 1.165) is 25.2 Å². The summed E-state index contributed by atoms with van der Waals surface area (Å²) in [6.45, 7) is 4.43. The minimum absolute atomic E-state index is 0.0517. The molecule has 2 rings (SSSR count). The Labute approximate surface area is 118 Å². The highest BCUT2D eigenvalue weighted by molar-refractivity contribution is 5.27. The fourth-order valence-corrected chi connectivity index (χ4v) is 3.88. The van der Waals surface area contributed by atoms with Gasteiger partial charge in [-0.15, -0.1) is 0 Å². The van der Waals surface area contributed by atoms with E-state index in [0.29, 0.717) is 0 Å². The van der Waals surface area contributed by atoms with Crippen LogP contribution in [0.3, 0.4) is 0 Å². The van der Waals surface area contributed by atoms with Crippen LogP contribution in [0.1, 0.15) is 64.4 Å². The van der Waals surface area contributed by atoms with Crippen molar-refractivity contribution in [2.45, 2.75) is 70.3 Å². The SMILES string of the molecule is CCC(CC)(c1ccccc1)C(O)CC1CCCC1. The first-order valence-corrected chi connectivity index (χ1v) is 7.96. The Balaban J connectivity index is 2.17. The third kappa shape index (κ3) is 3.02. The third-order valence-corrected chi connectivity index (χ3v) is 5.28. The molecule has 1 atom stereocenters. The van der Waals surface area contributed by atoms with E-state index in [4.69, 9.17) is 0 Å². The maximum Gasteiger partial charge on any atom is 0.0639 e. The van der Waals surface area contributed by atoms with Crippen LogP contribution in [0.15, 0.2) is 30.3 Å². The van der Waals surface area contributed by atoms with E-state index in [-0.39, 0.29) is 11.5 Å². The highest BCUT2D eigenvalue weighted by Crippen LogP contribution is 2.40. The van der Waals surface area contributed by atoms with Gasteiger partial charge < -0.3 is 5.11 Å². The normalized spacial score (nSPS) is 18.7. The second-order valence-electron chi connectivity index (χ2n) is 6.13. The van der Waals surface area contributed by atoms with Crippen molar-refractivity contribution in [3.05, 3.63) is 35.9 Å². The van der Waals surface area contributed by atoms with Crippen molar-refractivity contribution in [3.63, 3.8) is 0 Å². The summed E-state index contributed by atoms with van der Waals surface area (Å²) in [6, 6.07) is 10.6. The van der Waals surface area contributed by atoms with Crippen molar-refractivity contribution in [2.75, 3.05) is 0 Å². The molecule has 1 aliphatic rings. The van der Waals surface area contributed by atoms with Crippen molar-refractivity contribution in [1.82, 2.24) is 0 Å². The van der Waals surface area contributed by atoms with Crippen molar-refractivity contribution in [2.24, 2.45) is 5.92 Å². The lowest BCUT2D eigenvalue weighted by Crippen LogP contribution is -2.39. The van der Waals surface area contributed by atoms with Crippen molar-refractivity contribution in [3.8, 4) is 0 Å². The minimum atomic E-state index is -0.201. The molecule has 0 aliphatic heterocycles. The predicted octanol–water partition coefficient (Wildman–Crippen LogP) is 4.69. The number of benzene rings is 1. The highest BCUT2D eigenvalue weighted by Gasteiger charge is 2.37. The van der Waals surface area contributed by atoms with Crippen LogP contribution in [-0.2, 0) is 5.41 Å². The molecule has 0 aromatic heterocycles. The summed E-state index contributed by atoms with van der Waals surface area (Å²) in [6.07, 6.45) is 8.15. The van der Waals surface area contributed by atoms with Gasteiger partial charge in [0, 0.05) is 5.41 Å². The lowest BCUT2D eigenvalue weighted by molar-refractivity contribution is 0.0514. The highest BCUT2D eigenvalue weighted by atomic mass is 16.3. The molecule has 0 spiro atoms. The molecule has 1 heteroatoms. The summed E-state index contributed by atoms with van der Waals surface area (Å²) in [7, 11) is 0. The second kappa shape index (κ2) is 6.56. The zero-order chi connectivity index (χ0) is 13.7. The fraction of sp³-hybridized carbons (Fsp3) is 0.667. The van der Waals surface area contributed by atoms with Gasteiger partial charge in [0.05, 0.1) is 6.10 Å². The summed E-state index contributed by atoms with van der Waals surface area (Å²) in [4.78, 5) is 0. The van der Waals surface area contributed by atoms with Crippen LogP contribution in [-0.4, -0.2) is 11.2 Å². The molecular weight excluding hydrogens is 232 g/mol. The molecule has 1 unspecified atom stereocenters. The van der Waals surface area contributed by atoms with Gasteiger partial charge in [0.25, 0.3) is 0 Å². The molecule has 1 aromatic carbocycles. The second-order valence-corrected chi connectivity index (χ2v) is 6.13. The smallest absolute Gasteiger partial charge is 0.0639 e. The van der Waals surface area contributed by atoms with Gasteiger partial charge in [-0.1, -0.05) is 69.9 Å². The van der Waals surface area contributed by atoms with E-state index in [1.54, 1.807) is 0 Å². The topological polar surface area (TPSA) is 20.2 Å². The van der Waals surface area contributed by atoms with E-state index >= 15 is 0 Å². The molecule has 1 aliphatic carbocycles. The summed E-state index contributed by atoms with van der Waals surface area (Å²) in [5, 5.41) is 10.9. The van der Waals surface area contributed by atoms with Crippen LogP contribution in [0.4, 0.5) is 0 Å². The largest absolute Gasteiger partial charge is 0.392 e. The van der Waals surface area contributed by atoms with Gasteiger partial charge in [-0.25, -0.2) is 0 Å².